The molecular formula is C23H20F3N3O3. The van der Waals surface area contributed by atoms with Crippen molar-refractivity contribution in [2.45, 2.75) is 12.7 Å². The number of anilines is 2. The number of urea groups is 1. The van der Waals surface area contributed by atoms with Gasteiger partial charge in [0.2, 0.25) is 0 Å². The molecule has 3 N–H and O–H groups in total. The highest BCUT2D eigenvalue weighted by atomic mass is 19.4. The van der Waals surface area contributed by atoms with E-state index in [4.69, 9.17) is 4.74 Å². The van der Waals surface area contributed by atoms with Crippen molar-refractivity contribution >= 4 is 23.3 Å². The number of carbonyl (C=O) groups is 2. The zero-order valence-corrected chi connectivity index (χ0v) is 16.8. The maximum absolute atomic E-state index is 12.3. The fourth-order valence-corrected chi connectivity index (χ4v) is 2.74. The van der Waals surface area contributed by atoms with Gasteiger partial charge in [0.15, 0.2) is 6.61 Å². The third-order valence-electron chi connectivity index (χ3n) is 4.17. The molecule has 0 aliphatic rings. The number of halogens is 3. The Hall–Kier alpha value is -4.01. The number of benzene rings is 3. The van der Waals surface area contributed by atoms with Crippen molar-refractivity contribution < 1.29 is 27.5 Å². The second-order valence-electron chi connectivity index (χ2n) is 6.76. The Bertz CT molecular complexity index is 1070. The van der Waals surface area contributed by atoms with Crippen molar-refractivity contribution in [3.8, 4) is 5.75 Å². The minimum absolute atomic E-state index is 0.0592. The van der Waals surface area contributed by atoms with Crippen molar-refractivity contribution in [3.63, 3.8) is 0 Å². The first kappa shape index (κ1) is 22.7. The van der Waals surface area contributed by atoms with Gasteiger partial charge < -0.3 is 20.7 Å². The maximum atomic E-state index is 12.3. The van der Waals surface area contributed by atoms with Gasteiger partial charge in [-0.2, -0.15) is 13.2 Å². The Morgan fingerprint density at radius 2 is 1.50 bits per heavy atom. The zero-order valence-electron chi connectivity index (χ0n) is 16.8. The Labute approximate surface area is 182 Å². The number of amides is 3. The summed E-state index contributed by atoms with van der Waals surface area (Å²) in [7, 11) is 0. The lowest BCUT2D eigenvalue weighted by atomic mass is 10.2. The van der Waals surface area contributed by atoms with E-state index in [0.29, 0.717) is 22.5 Å². The van der Waals surface area contributed by atoms with E-state index in [-0.39, 0.29) is 18.2 Å². The van der Waals surface area contributed by atoms with E-state index in [1.165, 1.54) is 12.1 Å². The molecular weight excluding hydrogens is 423 g/mol. The van der Waals surface area contributed by atoms with Crippen LogP contribution < -0.4 is 20.7 Å². The molecule has 3 aromatic rings. The molecule has 0 aliphatic heterocycles. The Morgan fingerprint density at radius 3 is 2.22 bits per heavy atom. The number of alkyl halides is 3. The van der Waals surface area contributed by atoms with Gasteiger partial charge in [0.25, 0.3) is 5.91 Å². The summed E-state index contributed by atoms with van der Waals surface area (Å²) in [4.78, 5) is 24.4. The number of hydrogen-bond donors (Lipinski definition) is 3. The van der Waals surface area contributed by atoms with Gasteiger partial charge in [-0.05, 0) is 48.0 Å². The highest BCUT2D eigenvalue weighted by Gasteiger charge is 2.28. The largest absolute Gasteiger partial charge is 0.484 e. The summed E-state index contributed by atoms with van der Waals surface area (Å²) in [5.41, 5.74) is 2.04. The lowest BCUT2D eigenvalue weighted by Gasteiger charge is -2.12. The van der Waals surface area contributed by atoms with Gasteiger partial charge in [-0.1, -0.05) is 36.4 Å². The predicted molar refractivity (Wildman–Crippen MR) is 115 cm³/mol. The van der Waals surface area contributed by atoms with E-state index < -0.39 is 18.8 Å². The van der Waals surface area contributed by atoms with Gasteiger partial charge >= 0.3 is 12.2 Å². The third kappa shape index (κ3) is 7.35. The molecule has 0 saturated carbocycles. The molecule has 0 bridgehead atoms. The predicted octanol–water partition coefficient (Wildman–Crippen LogP) is 5.20. The van der Waals surface area contributed by atoms with Crippen LogP contribution in [0.5, 0.6) is 5.75 Å². The third-order valence-corrected chi connectivity index (χ3v) is 4.17. The fourth-order valence-electron chi connectivity index (χ4n) is 2.74. The van der Waals surface area contributed by atoms with Crippen molar-refractivity contribution in [3.05, 3.63) is 90.0 Å². The molecule has 0 aromatic heterocycles. The van der Waals surface area contributed by atoms with Gasteiger partial charge in [0.1, 0.15) is 5.75 Å². The van der Waals surface area contributed by atoms with Gasteiger partial charge in [-0.3, -0.25) is 4.79 Å². The summed E-state index contributed by atoms with van der Waals surface area (Å²) in [5.74, 6) is -0.219. The molecule has 166 valence electrons. The van der Waals surface area contributed by atoms with E-state index in [0.717, 1.165) is 0 Å². The lowest BCUT2D eigenvalue weighted by Crippen LogP contribution is -2.28. The minimum Gasteiger partial charge on any atom is -0.484 e. The summed E-state index contributed by atoms with van der Waals surface area (Å²) in [6, 6.07) is 20.8. The van der Waals surface area contributed by atoms with Crippen LogP contribution >= 0.6 is 0 Å². The average Bonchev–Trinajstić information content (AvgIpc) is 2.77. The number of hydrogen-bond acceptors (Lipinski definition) is 3. The molecule has 3 amide bonds. The van der Waals surface area contributed by atoms with E-state index in [2.05, 4.69) is 16.0 Å². The van der Waals surface area contributed by atoms with Crippen LogP contribution in [0.1, 0.15) is 15.9 Å². The van der Waals surface area contributed by atoms with Crippen molar-refractivity contribution in [2.24, 2.45) is 0 Å². The molecule has 9 heteroatoms. The standard InChI is InChI=1S/C23H20F3N3O3/c24-23(25,26)15-32-20-11-4-6-16(12-20)14-27-22(31)29-19-10-5-9-18(13-19)28-21(30)17-7-2-1-3-8-17/h1-13H,14-15H2,(H,28,30)(H2,27,29,31). The number of carbonyl (C=O) groups excluding carboxylic acids is 2. The monoisotopic (exact) mass is 443 g/mol. The van der Waals surface area contributed by atoms with E-state index >= 15 is 0 Å². The van der Waals surface area contributed by atoms with Crippen LogP contribution in [-0.2, 0) is 6.54 Å². The molecule has 0 saturated heterocycles. The van der Waals surface area contributed by atoms with Crippen LogP contribution in [0.2, 0.25) is 0 Å². The molecule has 0 radical (unpaired) electrons. The molecule has 0 atom stereocenters. The van der Waals surface area contributed by atoms with E-state index in [1.54, 1.807) is 60.7 Å². The number of nitrogens with one attached hydrogen (secondary N) is 3. The second-order valence-corrected chi connectivity index (χ2v) is 6.76. The number of rotatable bonds is 7. The Balaban J connectivity index is 1.52. The van der Waals surface area contributed by atoms with Gasteiger partial charge in [-0.25, -0.2) is 4.79 Å². The van der Waals surface area contributed by atoms with E-state index in [9.17, 15) is 22.8 Å². The Kier molecular flexibility index (Phi) is 7.33. The summed E-state index contributed by atoms with van der Waals surface area (Å²) < 4.78 is 41.5. The summed E-state index contributed by atoms with van der Waals surface area (Å²) in [6.07, 6.45) is -4.43. The van der Waals surface area contributed by atoms with Crippen LogP contribution in [0.4, 0.5) is 29.3 Å². The average molecular weight is 443 g/mol. The fraction of sp³-hybridized carbons (Fsp3) is 0.130. The van der Waals surface area contributed by atoms with Crippen LogP contribution in [0, 0.1) is 0 Å². The molecule has 3 rings (SSSR count). The first-order valence-corrected chi connectivity index (χ1v) is 9.58. The first-order chi connectivity index (χ1) is 15.3. The molecule has 0 heterocycles. The van der Waals surface area contributed by atoms with E-state index in [1.807, 2.05) is 6.07 Å². The normalized spacial score (nSPS) is 10.8. The molecule has 0 unspecified atom stereocenters. The lowest BCUT2D eigenvalue weighted by molar-refractivity contribution is -0.153. The van der Waals surface area contributed by atoms with Gasteiger partial charge in [0, 0.05) is 23.5 Å². The summed E-state index contributed by atoms with van der Waals surface area (Å²) in [5, 5.41) is 8.02. The van der Waals surface area contributed by atoms with Crippen molar-refractivity contribution in [1.29, 1.82) is 0 Å². The van der Waals surface area contributed by atoms with Crippen LogP contribution in [-0.4, -0.2) is 24.7 Å². The highest BCUT2D eigenvalue weighted by molar-refractivity contribution is 6.04. The smallest absolute Gasteiger partial charge is 0.422 e. The number of ether oxygens (including phenoxy) is 1. The molecule has 0 fully saturated rings. The topological polar surface area (TPSA) is 79.5 Å². The quantitative estimate of drug-likeness (QED) is 0.470. The van der Waals surface area contributed by atoms with Crippen LogP contribution in [0.15, 0.2) is 78.9 Å². The highest BCUT2D eigenvalue weighted by Crippen LogP contribution is 2.20. The van der Waals surface area contributed by atoms with Gasteiger partial charge in [-0.15, -0.1) is 0 Å². The summed E-state index contributed by atoms with van der Waals surface area (Å²) >= 11 is 0. The second kappa shape index (κ2) is 10.3. The van der Waals surface area contributed by atoms with Gasteiger partial charge in [0.05, 0.1) is 0 Å². The van der Waals surface area contributed by atoms with Crippen molar-refractivity contribution in [1.82, 2.24) is 5.32 Å². The minimum atomic E-state index is -4.43. The molecule has 6 nitrogen and oxygen atoms in total. The first-order valence-electron chi connectivity index (χ1n) is 9.58. The van der Waals surface area contributed by atoms with Crippen molar-refractivity contribution in [2.75, 3.05) is 17.2 Å². The molecule has 32 heavy (non-hydrogen) atoms. The van der Waals surface area contributed by atoms with Crippen LogP contribution in [0.3, 0.4) is 0 Å². The SMILES string of the molecule is O=C(NCc1cccc(OCC(F)(F)F)c1)Nc1cccc(NC(=O)c2ccccc2)c1. The zero-order chi connectivity index (χ0) is 23.0. The maximum Gasteiger partial charge on any atom is 0.422 e. The molecule has 3 aromatic carbocycles. The molecule has 0 aliphatic carbocycles. The van der Waals surface area contributed by atoms with Crippen LogP contribution in [0.25, 0.3) is 0 Å². The summed E-state index contributed by atoms with van der Waals surface area (Å²) in [6.45, 7) is -1.30. The molecule has 0 spiro atoms. The Morgan fingerprint density at radius 1 is 0.812 bits per heavy atom.